The van der Waals surface area contributed by atoms with E-state index in [0.29, 0.717) is 11.3 Å². The van der Waals surface area contributed by atoms with E-state index in [1.54, 1.807) is 17.8 Å². The zero-order valence-corrected chi connectivity index (χ0v) is 12.0. The standard InChI is InChI=1S/C14H21F2NS/c1-4-11(5-2)17-9-10(3)18-12-6-7-13(15)14(16)8-12/h6-8,10-11,17H,4-5,9H2,1-3H3. The lowest BCUT2D eigenvalue weighted by Gasteiger charge is -2.18. The highest BCUT2D eigenvalue weighted by atomic mass is 32.2. The molecule has 18 heavy (non-hydrogen) atoms. The molecular formula is C14H21F2NS. The minimum Gasteiger partial charge on any atom is -0.313 e. The van der Waals surface area contributed by atoms with E-state index in [1.165, 1.54) is 12.1 Å². The number of thioether (sulfide) groups is 1. The van der Waals surface area contributed by atoms with E-state index in [-0.39, 0.29) is 0 Å². The van der Waals surface area contributed by atoms with E-state index in [9.17, 15) is 8.78 Å². The number of rotatable bonds is 7. The van der Waals surface area contributed by atoms with Crippen LogP contribution < -0.4 is 5.32 Å². The molecule has 0 aliphatic carbocycles. The van der Waals surface area contributed by atoms with Gasteiger partial charge in [0.25, 0.3) is 0 Å². The summed E-state index contributed by atoms with van der Waals surface area (Å²) >= 11 is 1.56. The Balaban J connectivity index is 2.44. The van der Waals surface area contributed by atoms with E-state index in [1.807, 2.05) is 0 Å². The van der Waals surface area contributed by atoms with Crippen LogP contribution in [0.25, 0.3) is 0 Å². The maximum absolute atomic E-state index is 13.0. The monoisotopic (exact) mass is 273 g/mol. The van der Waals surface area contributed by atoms with Crippen molar-refractivity contribution >= 4 is 11.8 Å². The molecule has 0 radical (unpaired) electrons. The fourth-order valence-electron chi connectivity index (χ4n) is 1.73. The molecule has 0 fully saturated rings. The van der Waals surface area contributed by atoms with Gasteiger partial charge in [-0.25, -0.2) is 8.78 Å². The van der Waals surface area contributed by atoms with Crippen molar-refractivity contribution in [3.63, 3.8) is 0 Å². The van der Waals surface area contributed by atoms with Crippen molar-refractivity contribution in [3.05, 3.63) is 29.8 Å². The number of hydrogen-bond donors (Lipinski definition) is 1. The van der Waals surface area contributed by atoms with Gasteiger partial charge in [-0.15, -0.1) is 11.8 Å². The molecule has 1 N–H and O–H groups in total. The molecule has 1 rings (SSSR count). The summed E-state index contributed by atoms with van der Waals surface area (Å²) in [6.07, 6.45) is 2.22. The van der Waals surface area contributed by atoms with Gasteiger partial charge < -0.3 is 5.32 Å². The summed E-state index contributed by atoms with van der Waals surface area (Å²) in [5, 5.41) is 3.81. The van der Waals surface area contributed by atoms with Gasteiger partial charge in [-0.3, -0.25) is 0 Å². The topological polar surface area (TPSA) is 12.0 Å². The second-order valence-corrected chi connectivity index (χ2v) is 5.94. The van der Waals surface area contributed by atoms with Crippen molar-refractivity contribution in [1.82, 2.24) is 5.32 Å². The first-order valence-electron chi connectivity index (χ1n) is 6.41. The SMILES string of the molecule is CCC(CC)NCC(C)Sc1ccc(F)c(F)c1. The van der Waals surface area contributed by atoms with Gasteiger partial charge in [0, 0.05) is 22.7 Å². The third-order valence-electron chi connectivity index (χ3n) is 2.91. The van der Waals surface area contributed by atoms with Gasteiger partial charge in [-0.05, 0) is 31.0 Å². The van der Waals surface area contributed by atoms with Crippen molar-refractivity contribution < 1.29 is 8.78 Å². The van der Waals surface area contributed by atoms with E-state index in [4.69, 9.17) is 0 Å². The Morgan fingerprint density at radius 1 is 1.17 bits per heavy atom. The molecule has 0 aliphatic heterocycles. The van der Waals surface area contributed by atoms with Crippen LogP contribution in [0.15, 0.2) is 23.1 Å². The van der Waals surface area contributed by atoms with Crippen LogP contribution in [-0.4, -0.2) is 17.8 Å². The van der Waals surface area contributed by atoms with Crippen molar-refractivity contribution in [2.24, 2.45) is 0 Å². The summed E-state index contributed by atoms with van der Waals surface area (Å²) in [5.41, 5.74) is 0. The highest BCUT2D eigenvalue weighted by Crippen LogP contribution is 2.24. The quantitative estimate of drug-likeness (QED) is 0.746. The molecule has 0 bridgehead atoms. The van der Waals surface area contributed by atoms with E-state index in [0.717, 1.165) is 24.3 Å². The van der Waals surface area contributed by atoms with Crippen LogP contribution in [0.2, 0.25) is 0 Å². The van der Waals surface area contributed by atoms with Crippen molar-refractivity contribution in [3.8, 4) is 0 Å². The first-order chi connectivity index (χ1) is 8.56. The Kier molecular flexibility index (Phi) is 6.65. The molecule has 0 saturated heterocycles. The molecule has 0 amide bonds. The van der Waals surface area contributed by atoms with Gasteiger partial charge in [0.2, 0.25) is 0 Å². The summed E-state index contributed by atoms with van der Waals surface area (Å²) in [6, 6.07) is 4.60. The predicted octanol–water partition coefficient (Wildman–Crippen LogP) is 4.22. The minimum atomic E-state index is -0.790. The van der Waals surface area contributed by atoms with Gasteiger partial charge in [0.15, 0.2) is 11.6 Å². The lowest BCUT2D eigenvalue weighted by Crippen LogP contribution is -2.32. The second kappa shape index (κ2) is 7.74. The molecule has 1 aromatic carbocycles. The number of benzene rings is 1. The summed E-state index contributed by atoms with van der Waals surface area (Å²) in [6.45, 7) is 7.28. The Morgan fingerprint density at radius 2 is 1.83 bits per heavy atom. The number of hydrogen-bond acceptors (Lipinski definition) is 2. The number of nitrogens with one attached hydrogen (secondary N) is 1. The number of halogens is 2. The first kappa shape index (κ1) is 15.4. The molecule has 1 unspecified atom stereocenters. The molecule has 1 atom stereocenters. The van der Waals surface area contributed by atoms with Crippen LogP contribution in [0.1, 0.15) is 33.6 Å². The van der Waals surface area contributed by atoms with Crippen LogP contribution in [0.4, 0.5) is 8.78 Å². The third kappa shape index (κ3) is 4.94. The van der Waals surface area contributed by atoms with Crippen LogP contribution in [0, 0.1) is 11.6 Å². The average molecular weight is 273 g/mol. The largest absolute Gasteiger partial charge is 0.313 e. The zero-order valence-electron chi connectivity index (χ0n) is 11.2. The van der Waals surface area contributed by atoms with Crippen LogP contribution in [0.5, 0.6) is 0 Å². The molecule has 1 nitrogen and oxygen atoms in total. The molecule has 0 aromatic heterocycles. The van der Waals surface area contributed by atoms with Gasteiger partial charge in [-0.1, -0.05) is 20.8 Å². The van der Waals surface area contributed by atoms with Gasteiger partial charge in [-0.2, -0.15) is 0 Å². The van der Waals surface area contributed by atoms with Gasteiger partial charge >= 0.3 is 0 Å². The zero-order chi connectivity index (χ0) is 13.5. The maximum atomic E-state index is 13.0. The van der Waals surface area contributed by atoms with E-state index >= 15 is 0 Å². The Morgan fingerprint density at radius 3 is 2.39 bits per heavy atom. The summed E-state index contributed by atoms with van der Waals surface area (Å²) in [4.78, 5) is 0.771. The Bertz CT molecular complexity index is 367. The molecule has 0 spiro atoms. The molecule has 0 saturated carbocycles. The van der Waals surface area contributed by atoms with Crippen LogP contribution in [0.3, 0.4) is 0 Å². The Hall–Kier alpha value is -0.610. The summed E-state index contributed by atoms with van der Waals surface area (Å²) < 4.78 is 25.8. The molecule has 0 aliphatic rings. The van der Waals surface area contributed by atoms with Crippen molar-refractivity contribution in [2.75, 3.05) is 6.54 Å². The predicted molar refractivity (Wildman–Crippen MR) is 74.0 cm³/mol. The first-order valence-corrected chi connectivity index (χ1v) is 7.29. The average Bonchev–Trinajstić information content (AvgIpc) is 2.35. The van der Waals surface area contributed by atoms with Crippen LogP contribution >= 0.6 is 11.8 Å². The van der Waals surface area contributed by atoms with Crippen molar-refractivity contribution in [1.29, 1.82) is 0 Å². The highest BCUT2D eigenvalue weighted by molar-refractivity contribution is 8.00. The second-order valence-electron chi connectivity index (χ2n) is 4.43. The molecule has 4 heteroatoms. The highest BCUT2D eigenvalue weighted by Gasteiger charge is 2.09. The lowest BCUT2D eigenvalue weighted by molar-refractivity contribution is 0.487. The van der Waals surface area contributed by atoms with E-state index in [2.05, 4.69) is 26.1 Å². The summed E-state index contributed by atoms with van der Waals surface area (Å²) in [7, 11) is 0. The van der Waals surface area contributed by atoms with Gasteiger partial charge in [0.05, 0.1) is 0 Å². The molecule has 0 heterocycles. The van der Waals surface area contributed by atoms with Crippen LogP contribution in [-0.2, 0) is 0 Å². The maximum Gasteiger partial charge on any atom is 0.159 e. The lowest BCUT2D eigenvalue weighted by atomic mass is 10.2. The fraction of sp³-hybridized carbons (Fsp3) is 0.571. The van der Waals surface area contributed by atoms with E-state index < -0.39 is 11.6 Å². The smallest absolute Gasteiger partial charge is 0.159 e. The van der Waals surface area contributed by atoms with Gasteiger partial charge in [0.1, 0.15) is 0 Å². The van der Waals surface area contributed by atoms with Crippen molar-refractivity contribution in [2.45, 2.75) is 49.8 Å². The minimum absolute atomic E-state index is 0.329. The normalized spacial score (nSPS) is 13.0. The third-order valence-corrected chi connectivity index (χ3v) is 4.00. The summed E-state index contributed by atoms with van der Waals surface area (Å²) in [5.74, 6) is -1.57. The Labute approximate surface area is 112 Å². The molecular weight excluding hydrogens is 252 g/mol. The molecule has 1 aromatic rings. The molecule has 102 valence electrons. The fourth-order valence-corrected chi connectivity index (χ4v) is 2.70.